The molecule has 0 saturated carbocycles. The molecule has 0 unspecified atom stereocenters. The lowest BCUT2D eigenvalue weighted by atomic mass is 10.0. The van der Waals surface area contributed by atoms with Gasteiger partial charge in [-0.1, -0.05) is 35.9 Å². The molecule has 8 heteroatoms. The molecule has 0 radical (unpaired) electrons. The fraction of sp³-hybridized carbons (Fsp3) is 0.259. The SMILES string of the molecule is CCOc1cc(C=CC(=O)Oc2cc3ccccc3cc2C(=O)N2CCOCC2)cc(Cl)c1OC. The molecule has 0 N–H and O–H groups in total. The van der Waals surface area contributed by atoms with Gasteiger partial charge in [0.25, 0.3) is 5.91 Å². The molecule has 0 spiro atoms. The molecule has 1 amide bonds. The van der Waals surface area contributed by atoms with Gasteiger partial charge in [-0.15, -0.1) is 0 Å². The molecule has 7 nitrogen and oxygen atoms in total. The van der Waals surface area contributed by atoms with E-state index in [4.69, 9.17) is 30.5 Å². The van der Waals surface area contributed by atoms with Gasteiger partial charge in [0.05, 0.1) is 37.5 Å². The van der Waals surface area contributed by atoms with Gasteiger partial charge in [-0.2, -0.15) is 0 Å². The Hall–Kier alpha value is -3.55. The lowest BCUT2D eigenvalue weighted by molar-refractivity contribution is -0.128. The number of amides is 1. The lowest BCUT2D eigenvalue weighted by Gasteiger charge is -2.27. The number of nitrogens with zero attached hydrogens (tertiary/aromatic N) is 1. The van der Waals surface area contributed by atoms with E-state index in [0.717, 1.165) is 10.8 Å². The summed E-state index contributed by atoms with van der Waals surface area (Å²) in [5.74, 6) is 0.284. The predicted molar refractivity (Wildman–Crippen MR) is 135 cm³/mol. The highest BCUT2D eigenvalue weighted by atomic mass is 35.5. The third-order valence-corrected chi connectivity index (χ3v) is 5.82. The average Bonchev–Trinajstić information content (AvgIpc) is 2.87. The number of carbonyl (C=O) groups is 2. The van der Waals surface area contributed by atoms with E-state index in [1.165, 1.54) is 13.2 Å². The van der Waals surface area contributed by atoms with Gasteiger partial charge in [-0.25, -0.2) is 4.79 Å². The van der Waals surface area contributed by atoms with Crippen LogP contribution in [0.25, 0.3) is 16.8 Å². The molecule has 35 heavy (non-hydrogen) atoms. The van der Waals surface area contributed by atoms with Crippen LogP contribution in [0.5, 0.6) is 17.2 Å². The van der Waals surface area contributed by atoms with E-state index in [9.17, 15) is 9.59 Å². The molecule has 1 saturated heterocycles. The number of esters is 1. The molecule has 1 fully saturated rings. The van der Waals surface area contributed by atoms with Crippen molar-refractivity contribution in [2.75, 3.05) is 40.0 Å². The maximum atomic E-state index is 13.2. The normalized spacial score (nSPS) is 13.7. The Morgan fingerprint density at radius 1 is 1.06 bits per heavy atom. The second-order valence-corrected chi connectivity index (χ2v) is 8.23. The van der Waals surface area contributed by atoms with Crippen LogP contribution in [0.4, 0.5) is 0 Å². The molecule has 182 valence electrons. The van der Waals surface area contributed by atoms with Crippen LogP contribution in [0.3, 0.4) is 0 Å². The van der Waals surface area contributed by atoms with E-state index in [1.54, 1.807) is 35.2 Å². The summed E-state index contributed by atoms with van der Waals surface area (Å²) in [6.07, 6.45) is 2.85. The van der Waals surface area contributed by atoms with Crippen LogP contribution in [0, 0.1) is 0 Å². The van der Waals surface area contributed by atoms with Crippen LogP contribution in [0.15, 0.2) is 54.6 Å². The second-order valence-electron chi connectivity index (χ2n) is 7.82. The van der Waals surface area contributed by atoms with Crippen molar-refractivity contribution in [1.29, 1.82) is 0 Å². The summed E-state index contributed by atoms with van der Waals surface area (Å²) >= 11 is 6.29. The first-order valence-electron chi connectivity index (χ1n) is 11.3. The number of morpholine rings is 1. The largest absolute Gasteiger partial charge is 0.491 e. The average molecular weight is 496 g/mol. The molecule has 0 aliphatic carbocycles. The summed E-state index contributed by atoms with van der Waals surface area (Å²) in [5, 5.41) is 2.11. The van der Waals surface area contributed by atoms with E-state index in [1.807, 2.05) is 31.2 Å². The third kappa shape index (κ3) is 5.75. The van der Waals surface area contributed by atoms with Crippen LogP contribution in [-0.4, -0.2) is 56.8 Å². The van der Waals surface area contributed by atoms with Crippen molar-refractivity contribution in [3.63, 3.8) is 0 Å². The first kappa shape index (κ1) is 24.6. The minimum Gasteiger partial charge on any atom is -0.491 e. The number of hydrogen-bond donors (Lipinski definition) is 0. The molecule has 3 aromatic rings. The molecule has 3 aromatic carbocycles. The maximum absolute atomic E-state index is 13.2. The first-order chi connectivity index (χ1) is 17.0. The van der Waals surface area contributed by atoms with Crippen LogP contribution in [0.2, 0.25) is 5.02 Å². The van der Waals surface area contributed by atoms with Crippen LogP contribution in [0.1, 0.15) is 22.8 Å². The number of halogens is 1. The number of carbonyl (C=O) groups excluding carboxylic acids is 2. The van der Waals surface area contributed by atoms with E-state index in [0.29, 0.717) is 60.6 Å². The maximum Gasteiger partial charge on any atom is 0.336 e. The molecule has 0 atom stereocenters. The fourth-order valence-electron chi connectivity index (χ4n) is 3.86. The molecule has 1 aliphatic rings. The Balaban J connectivity index is 1.60. The Morgan fingerprint density at radius 3 is 2.46 bits per heavy atom. The van der Waals surface area contributed by atoms with Crippen molar-refractivity contribution in [3.05, 3.63) is 70.8 Å². The fourth-order valence-corrected chi connectivity index (χ4v) is 4.16. The molecular formula is C27H26ClNO6. The van der Waals surface area contributed by atoms with Crippen molar-refractivity contribution in [2.45, 2.75) is 6.92 Å². The second kappa shape index (κ2) is 11.3. The monoisotopic (exact) mass is 495 g/mol. The van der Waals surface area contributed by atoms with E-state index in [-0.39, 0.29) is 11.7 Å². The van der Waals surface area contributed by atoms with Gasteiger partial charge in [-0.05, 0) is 53.6 Å². The molecule has 0 aromatic heterocycles. The zero-order chi connectivity index (χ0) is 24.8. The van der Waals surface area contributed by atoms with Crippen LogP contribution in [-0.2, 0) is 9.53 Å². The van der Waals surface area contributed by atoms with Gasteiger partial charge >= 0.3 is 5.97 Å². The van der Waals surface area contributed by atoms with Gasteiger partial charge in [0.15, 0.2) is 11.5 Å². The van der Waals surface area contributed by atoms with E-state index in [2.05, 4.69) is 0 Å². The van der Waals surface area contributed by atoms with Crippen LogP contribution < -0.4 is 14.2 Å². The zero-order valence-electron chi connectivity index (χ0n) is 19.6. The highest BCUT2D eigenvalue weighted by Crippen LogP contribution is 2.36. The van der Waals surface area contributed by atoms with Crippen molar-refractivity contribution >= 4 is 40.3 Å². The lowest BCUT2D eigenvalue weighted by Crippen LogP contribution is -2.40. The van der Waals surface area contributed by atoms with Gasteiger partial charge in [0.2, 0.25) is 0 Å². The Morgan fingerprint density at radius 2 is 1.77 bits per heavy atom. The van der Waals surface area contributed by atoms with Gasteiger partial charge in [0.1, 0.15) is 5.75 Å². The van der Waals surface area contributed by atoms with Crippen LogP contribution >= 0.6 is 11.6 Å². The predicted octanol–water partition coefficient (Wildman–Crippen LogP) is 4.99. The summed E-state index contributed by atoms with van der Waals surface area (Å²) in [6, 6.07) is 14.5. The standard InChI is InChI=1S/C27H26ClNO6/c1-3-34-24-15-18(14-22(28)26(24)32-2)8-9-25(30)35-23-17-20-7-5-4-6-19(20)16-21(23)27(31)29-10-12-33-13-11-29/h4-9,14-17H,3,10-13H2,1-2H3. The smallest absolute Gasteiger partial charge is 0.336 e. The summed E-state index contributed by atoms with van der Waals surface area (Å²) in [6.45, 7) is 4.21. The highest BCUT2D eigenvalue weighted by Gasteiger charge is 2.23. The van der Waals surface area contributed by atoms with E-state index < -0.39 is 5.97 Å². The summed E-state index contributed by atoms with van der Waals surface area (Å²) < 4.78 is 21.9. The number of fused-ring (bicyclic) bond motifs is 1. The zero-order valence-corrected chi connectivity index (χ0v) is 20.3. The summed E-state index contributed by atoms with van der Waals surface area (Å²) in [5.41, 5.74) is 0.970. The Bertz CT molecular complexity index is 1270. The van der Waals surface area contributed by atoms with Crippen molar-refractivity contribution in [2.24, 2.45) is 0 Å². The minimum absolute atomic E-state index is 0.200. The topological polar surface area (TPSA) is 74.3 Å². The number of methoxy groups -OCH3 is 1. The van der Waals surface area contributed by atoms with Gasteiger partial charge < -0.3 is 23.8 Å². The highest BCUT2D eigenvalue weighted by molar-refractivity contribution is 6.32. The molecule has 1 heterocycles. The van der Waals surface area contributed by atoms with Gasteiger partial charge in [0, 0.05) is 19.2 Å². The number of hydrogen-bond acceptors (Lipinski definition) is 6. The minimum atomic E-state index is -0.624. The number of ether oxygens (including phenoxy) is 4. The van der Waals surface area contributed by atoms with Gasteiger partial charge in [-0.3, -0.25) is 4.79 Å². The number of rotatable bonds is 7. The Kier molecular flexibility index (Phi) is 7.90. The Labute approximate surface area is 208 Å². The molecule has 1 aliphatic heterocycles. The van der Waals surface area contributed by atoms with Crippen molar-refractivity contribution in [3.8, 4) is 17.2 Å². The molecule has 0 bridgehead atoms. The third-order valence-electron chi connectivity index (χ3n) is 5.53. The quantitative estimate of drug-likeness (QED) is 0.261. The van der Waals surface area contributed by atoms with Crippen molar-refractivity contribution in [1.82, 2.24) is 4.90 Å². The summed E-state index contributed by atoms with van der Waals surface area (Å²) in [7, 11) is 1.51. The van der Waals surface area contributed by atoms with Crippen molar-refractivity contribution < 1.29 is 28.5 Å². The number of benzene rings is 3. The van der Waals surface area contributed by atoms with E-state index >= 15 is 0 Å². The molecular weight excluding hydrogens is 470 g/mol. The molecule has 4 rings (SSSR count). The first-order valence-corrected chi connectivity index (χ1v) is 11.7. The summed E-state index contributed by atoms with van der Waals surface area (Å²) in [4.78, 5) is 27.7.